The summed E-state index contributed by atoms with van der Waals surface area (Å²) in [6.45, 7) is 1.97. The van der Waals surface area contributed by atoms with Crippen LogP contribution in [0.2, 0.25) is 0 Å². The number of methoxy groups -OCH3 is 2. The van der Waals surface area contributed by atoms with Gasteiger partial charge < -0.3 is 9.47 Å². The minimum absolute atomic E-state index is 0.0289. The maximum absolute atomic E-state index is 12.1. The van der Waals surface area contributed by atoms with Crippen LogP contribution < -0.4 is 9.47 Å². The number of benzene rings is 1. The van der Waals surface area contributed by atoms with Gasteiger partial charge in [0.05, 0.1) is 19.9 Å². The largest absolute Gasteiger partial charge is 0.493 e. The number of hydrogen-bond acceptors (Lipinski definition) is 5. The Bertz CT molecular complexity index is 886. The molecule has 6 heteroatoms. The number of nitrogens with zero attached hydrogens (tertiary/aromatic N) is 3. The Hall–Kier alpha value is -2.89. The molecule has 0 radical (unpaired) electrons. The lowest BCUT2D eigenvalue weighted by molar-refractivity contribution is 0.0976. The van der Waals surface area contributed by atoms with E-state index >= 15 is 0 Å². The second-order valence-electron chi connectivity index (χ2n) is 5.37. The Morgan fingerprint density at radius 2 is 1.92 bits per heavy atom. The van der Waals surface area contributed by atoms with Gasteiger partial charge in [0, 0.05) is 24.2 Å². The number of ketones is 1. The molecule has 0 saturated heterocycles. The van der Waals surface area contributed by atoms with E-state index in [9.17, 15) is 4.79 Å². The van der Waals surface area contributed by atoms with Crippen LogP contribution in [0.3, 0.4) is 0 Å². The molecule has 0 aliphatic heterocycles. The van der Waals surface area contributed by atoms with E-state index in [1.54, 1.807) is 31.0 Å². The van der Waals surface area contributed by atoms with E-state index in [2.05, 4.69) is 10.1 Å². The molecule has 0 aliphatic rings. The van der Waals surface area contributed by atoms with Crippen molar-refractivity contribution in [3.05, 3.63) is 42.2 Å². The second kappa shape index (κ2) is 6.70. The summed E-state index contributed by atoms with van der Waals surface area (Å²) in [5, 5.41) is 4.44. The zero-order valence-corrected chi connectivity index (χ0v) is 13.9. The normalized spacial score (nSPS) is 10.8. The molecule has 0 unspecified atom stereocenters. The van der Waals surface area contributed by atoms with Crippen LogP contribution >= 0.6 is 0 Å². The molecule has 2 aromatic heterocycles. The van der Waals surface area contributed by atoms with Crippen molar-refractivity contribution in [1.82, 2.24) is 14.6 Å². The van der Waals surface area contributed by atoms with Crippen molar-refractivity contribution in [3.8, 4) is 22.8 Å². The number of Topliss-reactive ketones (excluding diaryl/α,β-unsaturated/α-hetero) is 1. The van der Waals surface area contributed by atoms with Crippen LogP contribution in [-0.2, 0) is 0 Å². The molecule has 3 rings (SSSR count). The highest BCUT2D eigenvalue weighted by atomic mass is 16.5. The number of carbonyl (C=O) groups is 1. The van der Waals surface area contributed by atoms with Gasteiger partial charge in [-0.2, -0.15) is 5.10 Å². The molecule has 6 nitrogen and oxygen atoms in total. The van der Waals surface area contributed by atoms with Gasteiger partial charge in [-0.1, -0.05) is 6.92 Å². The van der Waals surface area contributed by atoms with E-state index in [4.69, 9.17) is 9.47 Å². The zero-order chi connectivity index (χ0) is 17.1. The van der Waals surface area contributed by atoms with Gasteiger partial charge in [-0.15, -0.1) is 0 Å². The molecule has 0 spiro atoms. The van der Waals surface area contributed by atoms with Crippen molar-refractivity contribution < 1.29 is 14.3 Å². The first-order valence-electron chi connectivity index (χ1n) is 7.78. The molecular weight excluding hydrogens is 306 g/mol. The molecule has 0 amide bonds. The monoisotopic (exact) mass is 325 g/mol. The van der Waals surface area contributed by atoms with Crippen LogP contribution in [0.15, 0.2) is 36.5 Å². The topological polar surface area (TPSA) is 65.7 Å². The van der Waals surface area contributed by atoms with Gasteiger partial charge in [0.1, 0.15) is 5.69 Å². The van der Waals surface area contributed by atoms with Crippen molar-refractivity contribution in [3.63, 3.8) is 0 Å². The van der Waals surface area contributed by atoms with Gasteiger partial charge in [0.2, 0.25) is 0 Å². The van der Waals surface area contributed by atoms with E-state index < -0.39 is 0 Å². The van der Waals surface area contributed by atoms with E-state index in [1.807, 2.05) is 31.2 Å². The molecule has 0 bridgehead atoms. The summed E-state index contributed by atoms with van der Waals surface area (Å²) >= 11 is 0. The molecule has 0 saturated carbocycles. The minimum Gasteiger partial charge on any atom is -0.493 e. The third kappa shape index (κ3) is 2.82. The highest BCUT2D eigenvalue weighted by Crippen LogP contribution is 2.32. The third-order valence-electron chi connectivity index (χ3n) is 3.80. The van der Waals surface area contributed by atoms with Gasteiger partial charge in [0.25, 0.3) is 0 Å². The lowest BCUT2D eigenvalue weighted by Crippen LogP contribution is -2.01. The number of hydrogen-bond donors (Lipinski definition) is 0. The Labute approximate surface area is 140 Å². The molecule has 0 aliphatic carbocycles. The van der Waals surface area contributed by atoms with Crippen LogP contribution in [0.1, 0.15) is 30.3 Å². The molecule has 2 heterocycles. The zero-order valence-electron chi connectivity index (χ0n) is 13.9. The first-order chi connectivity index (χ1) is 11.7. The van der Waals surface area contributed by atoms with Crippen molar-refractivity contribution >= 4 is 11.4 Å². The fourth-order valence-electron chi connectivity index (χ4n) is 2.60. The van der Waals surface area contributed by atoms with Gasteiger partial charge in [-0.05, 0) is 30.7 Å². The molecule has 3 aromatic rings. The minimum atomic E-state index is 0.0289. The van der Waals surface area contributed by atoms with Crippen LogP contribution in [0.25, 0.3) is 16.9 Å². The Morgan fingerprint density at radius 1 is 1.12 bits per heavy atom. The molecule has 24 heavy (non-hydrogen) atoms. The number of carbonyl (C=O) groups excluding carboxylic acids is 1. The lowest BCUT2D eigenvalue weighted by atomic mass is 10.1. The molecule has 0 fully saturated rings. The summed E-state index contributed by atoms with van der Waals surface area (Å²) < 4.78 is 12.3. The summed E-state index contributed by atoms with van der Waals surface area (Å²) in [5.74, 6) is 1.32. The van der Waals surface area contributed by atoms with Crippen LogP contribution in [0.5, 0.6) is 11.5 Å². The number of aromatic nitrogens is 3. The quantitative estimate of drug-likeness (QED) is 0.650. The molecule has 124 valence electrons. The van der Waals surface area contributed by atoms with Crippen LogP contribution in [0, 0.1) is 0 Å². The summed E-state index contributed by atoms with van der Waals surface area (Å²) in [6.07, 6.45) is 2.98. The van der Waals surface area contributed by atoms with Crippen molar-refractivity contribution in [2.24, 2.45) is 0 Å². The third-order valence-corrected chi connectivity index (χ3v) is 3.80. The van der Waals surface area contributed by atoms with E-state index in [1.165, 1.54) is 0 Å². The van der Waals surface area contributed by atoms with E-state index in [-0.39, 0.29) is 5.78 Å². The number of ether oxygens (including phenoxy) is 2. The van der Waals surface area contributed by atoms with Gasteiger partial charge >= 0.3 is 0 Å². The Kier molecular flexibility index (Phi) is 4.46. The Morgan fingerprint density at radius 3 is 2.62 bits per heavy atom. The first-order valence-corrected chi connectivity index (χ1v) is 7.78. The number of fused-ring (bicyclic) bond motifs is 1. The van der Waals surface area contributed by atoms with E-state index in [0.717, 1.165) is 17.7 Å². The van der Waals surface area contributed by atoms with Gasteiger partial charge in [-0.25, -0.2) is 9.50 Å². The van der Waals surface area contributed by atoms with Gasteiger partial charge in [0.15, 0.2) is 22.9 Å². The SMILES string of the molecule is CCCC(=O)c1cc2nccc(-c3ccc(OC)c(OC)c3)n2n1. The molecular formula is C18H19N3O3. The highest BCUT2D eigenvalue weighted by Gasteiger charge is 2.14. The smallest absolute Gasteiger partial charge is 0.183 e. The maximum Gasteiger partial charge on any atom is 0.183 e. The summed E-state index contributed by atoms with van der Waals surface area (Å²) in [7, 11) is 3.19. The summed E-state index contributed by atoms with van der Waals surface area (Å²) in [6, 6.07) is 9.22. The summed E-state index contributed by atoms with van der Waals surface area (Å²) in [4.78, 5) is 16.4. The fraction of sp³-hybridized carbons (Fsp3) is 0.278. The van der Waals surface area contributed by atoms with Gasteiger partial charge in [-0.3, -0.25) is 4.79 Å². The standard InChI is InChI=1S/C18H19N3O3/c1-4-5-15(22)13-11-18-19-9-8-14(21(18)20-13)12-6-7-16(23-2)17(10-12)24-3/h6-11H,4-5H2,1-3H3. The van der Waals surface area contributed by atoms with Crippen molar-refractivity contribution in [2.45, 2.75) is 19.8 Å². The average molecular weight is 325 g/mol. The first kappa shape index (κ1) is 16.0. The molecule has 0 N–H and O–H groups in total. The van der Waals surface area contributed by atoms with Crippen LogP contribution in [0.4, 0.5) is 0 Å². The fourth-order valence-corrected chi connectivity index (χ4v) is 2.60. The molecule has 1 aromatic carbocycles. The molecule has 0 atom stereocenters. The average Bonchev–Trinajstić information content (AvgIpc) is 3.05. The summed E-state index contributed by atoms with van der Waals surface area (Å²) in [5.41, 5.74) is 2.81. The Balaban J connectivity index is 2.11. The maximum atomic E-state index is 12.1. The predicted octanol–water partition coefficient (Wildman–Crippen LogP) is 3.40. The lowest BCUT2D eigenvalue weighted by Gasteiger charge is -2.10. The number of rotatable bonds is 6. The van der Waals surface area contributed by atoms with Crippen molar-refractivity contribution in [2.75, 3.05) is 14.2 Å². The van der Waals surface area contributed by atoms with Crippen LogP contribution in [-0.4, -0.2) is 34.6 Å². The van der Waals surface area contributed by atoms with Crippen molar-refractivity contribution in [1.29, 1.82) is 0 Å². The second-order valence-corrected chi connectivity index (χ2v) is 5.37. The van der Waals surface area contributed by atoms with E-state index in [0.29, 0.717) is 29.3 Å². The predicted molar refractivity (Wildman–Crippen MR) is 90.8 cm³/mol. The highest BCUT2D eigenvalue weighted by molar-refractivity contribution is 5.95.